The zero-order chi connectivity index (χ0) is 14.6. The zero-order valence-electron chi connectivity index (χ0n) is 13.2. The molecule has 20 heavy (non-hydrogen) atoms. The maximum Gasteiger partial charge on any atom is 0.136 e. The molecule has 1 atom stereocenters. The average molecular weight is 280 g/mol. The summed E-state index contributed by atoms with van der Waals surface area (Å²) in [6, 6.07) is 0. The molecule has 0 saturated carbocycles. The van der Waals surface area contributed by atoms with E-state index >= 15 is 0 Å². The van der Waals surface area contributed by atoms with Gasteiger partial charge in [-0.2, -0.15) is 0 Å². The van der Waals surface area contributed by atoms with Gasteiger partial charge in [-0.3, -0.25) is 4.90 Å². The molecule has 0 radical (unpaired) electrons. The molecule has 1 unspecified atom stereocenters. The van der Waals surface area contributed by atoms with Crippen LogP contribution in [0, 0.1) is 0 Å². The van der Waals surface area contributed by atoms with E-state index < -0.39 is 0 Å². The van der Waals surface area contributed by atoms with Crippen molar-refractivity contribution in [3.63, 3.8) is 0 Å². The first-order chi connectivity index (χ1) is 9.48. The molecule has 1 saturated heterocycles. The summed E-state index contributed by atoms with van der Waals surface area (Å²) < 4.78 is 5.84. The van der Waals surface area contributed by atoms with Crippen LogP contribution >= 0.6 is 0 Å². The third-order valence-electron chi connectivity index (χ3n) is 3.45. The summed E-state index contributed by atoms with van der Waals surface area (Å²) in [5.41, 5.74) is 1.23. The van der Waals surface area contributed by atoms with Crippen LogP contribution in [0.1, 0.15) is 51.7 Å². The Labute approximate surface area is 122 Å². The highest BCUT2D eigenvalue weighted by atomic mass is 16.5. The topological polar surface area (TPSA) is 53.2 Å². The molecule has 0 aromatic carbocycles. The van der Waals surface area contributed by atoms with E-state index in [9.17, 15) is 0 Å². The Hall–Kier alpha value is -0.910. The fraction of sp³-hybridized carbons (Fsp3) is 0.800. The molecule has 5 nitrogen and oxygen atoms in total. The highest BCUT2D eigenvalue weighted by molar-refractivity contribution is 5.05. The van der Waals surface area contributed by atoms with Crippen molar-refractivity contribution in [1.82, 2.24) is 20.2 Å². The first-order valence-corrected chi connectivity index (χ1v) is 7.60. The first-order valence-electron chi connectivity index (χ1n) is 7.60. The molecule has 1 aliphatic heterocycles. The van der Waals surface area contributed by atoms with Gasteiger partial charge in [-0.25, -0.2) is 4.98 Å². The monoisotopic (exact) mass is 280 g/mol. The standard InChI is InChI=1S/C15H28N4O/c1-5-6-19-7-8-20-13(11-19)14-16-9-12(18-14)10-17-15(2,3)4/h9,13,17H,5-8,10-11H2,1-4H3,(H,16,18). The van der Waals surface area contributed by atoms with E-state index in [-0.39, 0.29) is 11.6 Å². The molecule has 0 aliphatic carbocycles. The number of hydrogen-bond donors (Lipinski definition) is 2. The van der Waals surface area contributed by atoms with Gasteiger partial charge in [0.15, 0.2) is 0 Å². The lowest BCUT2D eigenvalue weighted by Crippen LogP contribution is -2.39. The molecule has 1 aliphatic rings. The Kier molecular flexibility index (Phi) is 5.18. The Morgan fingerprint density at radius 3 is 3.00 bits per heavy atom. The number of hydrogen-bond acceptors (Lipinski definition) is 4. The number of imidazole rings is 1. The van der Waals surface area contributed by atoms with E-state index in [0.29, 0.717) is 0 Å². The quantitative estimate of drug-likeness (QED) is 0.867. The molecule has 1 aromatic rings. The van der Waals surface area contributed by atoms with Crippen LogP contribution in [0.4, 0.5) is 0 Å². The predicted molar refractivity (Wildman–Crippen MR) is 80.6 cm³/mol. The van der Waals surface area contributed by atoms with Crippen molar-refractivity contribution < 1.29 is 4.74 Å². The van der Waals surface area contributed by atoms with Crippen LogP contribution in [-0.2, 0) is 11.3 Å². The molecule has 5 heteroatoms. The van der Waals surface area contributed by atoms with Crippen molar-refractivity contribution in [3.8, 4) is 0 Å². The van der Waals surface area contributed by atoms with Crippen LogP contribution < -0.4 is 5.32 Å². The van der Waals surface area contributed by atoms with Gasteiger partial charge in [-0.05, 0) is 33.7 Å². The minimum Gasteiger partial charge on any atom is -0.368 e. The van der Waals surface area contributed by atoms with Crippen molar-refractivity contribution in [1.29, 1.82) is 0 Å². The van der Waals surface area contributed by atoms with Gasteiger partial charge in [-0.1, -0.05) is 6.92 Å². The van der Waals surface area contributed by atoms with Gasteiger partial charge in [0.05, 0.1) is 6.61 Å². The maximum atomic E-state index is 5.84. The Morgan fingerprint density at radius 1 is 1.50 bits per heavy atom. The second kappa shape index (κ2) is 6.70. The fourth-order valence-corrected chi connectivity index (χ4v) is 2.38. The third-order valence-corrected chi connectivity index (χ3v) is 3.45. The van der Waals surface area contributed by atoms with Gasteiger partial charge in [0.25, 0.3) is 0 Å². The van der Waals surface area contributed by atoms with Crippen molar-refractivity contribution in [2.75, 3.05) is 26.2 Å². The lowest BCUT2D eigenvalue weighted by atomic mass is 10.1. The summed E-state index contributed by atoms with van der Waals surface area (Å²) in [5.74, 6) is 0.955. The fourth-order valence-electron chi connectivity index (χ4n) is 2.38. The summed E-state index contributed by atoms with van der Waals surface area (Å²) >= 11 is 0. The summed E-state index contributed by atoms with van der Waals surface area (Å²) in [7, 11) is 0. The van der Waals surface area contributed by atoms with E-state index in [1.54, 1.807) is 0 Å². The van der Waals surface area contributed by atoms with Crippen molar-refractivity contribution in [3.05, 3.63) is 17.7 Å². The Bertz CT molecular complexity index is 408. The van der Waals surface area contributed by atoms with E-state index in [4.69, 9.17) is 4.74 Å². The molecule has 1 fully saturated rings. The highest BCUT2D eigenvalue weighted by Crippen LogP contribution is 2.20. The minimum atomic E-state index is 0.0821. The van der Waals surface area contributed by atoms with E-state index in [0.717, 1.165) is 44.3 Å². The number of nitrogens with zero attached hydrogens (tertiary/aromatic N) is 2. The molecule has 0 bridgehead atoms. The van der Waals surface area contributed by atoms with E-state index in [1.807, 2.05) is 6.20 Å². The SMILES string of the molecule is CCCN1CCOC(c2ncc(CNC(C)(C)C)[nH]2)C1. The lowest BCUT2D eigenvalue weighted by molar-refractivity contribution is -0.0338. The van der Waals surface area contributed by atoms with Gasteiger partial charge in [0.1, 0.15) is 11.9 Å². The number of nitrogens with one attached hydrogen (secondary N) is 2. The van der Waals surface area contributed by atoms with Crippen LogP contribution in [0.2, 0.25) is 0 Å². The zero-order valence-corrected chi connectivity index (χ0v) is 13.2. The average Bonchev–Trinajstić information content (AvgIpc) is 2.85. The van der Waals surface area contributed by atoms with Gasteiger partial charge in [0, 0.05) is 37.1 Å². The molecule has 1 aromatic heterocycles. The number of rotatable bonds is 5. The summed E-state index contributed by atoms with van der Waals surface area (Å²) in [5, 5.41) is 3.46. The number of aromatic nitrogens is 2. The third kappa shape index (κ3) is 4.58. The summed E-state index contributed by atoms with van der Waals surface area (Å²) in [4.78, 5) is 10.3. The van der Waals surface area contributed by atoms with Gasteiger partial charge in [0.2, 0.25) is 0 Å². The van der Waals surface area contributed by atoms with E-state index in [1.165, 1.54) is 6.42 Å². The van der Waals surface area contributed by atoms with Crippen LogP contribution in [0.5, 0.6) is 0 Å². The lowest BCUT2D eigenvalue weighted by Gasteiger charge is -2.31. The number of H-pyrrole nitrogens is 1. The predicted octanol–water partition coefficient (Wildman–Crippen LogP) is 2.08. The summed E-state index contributed by atoms with van der Waals surface area (Å²) in [6.45, 7) is 13.4. The second-order valence-electron chi connectivity index (χ2n) is 6.56. The number of ether oxygens (including phenoxy) is 1. The molecule has 0 spiro atoms. The molecule has 2 N–H and O–H groups in total. The number of aromatic amines is 1. The van der Waals surface area contributed by atoms with Crippen molar-refractivity contribution in [2.45, 2.75) is 52.3 Å². The summed E-state index contributed by atoms with van der Waals surface area (Å²) in [6.07, 6.45) is 3.18. The molecule has 114 valence electrons. The Balaban J connectivity index is 1.91. The molecular weight excluding hydrogens is 252 g/mol. The molecule has 0 amide bonds. The molecular formula is C15H28N4O. The molecule has 2 rings (SSSR count). The van der Waals surface area contributed by atoms with Gasteiger partial charge in [-0.15, -0.1) is 0 Å². The smallest absolute Gasteiger partial charge is 0.136 e. The normalized spacial score (nSPS) is 21.3. The second-order valence-corrected chi connectivity index (χ2v) is 6.56. The van der Waals surface area contributed by atoms with Crippen LogP contribution in [0.15, 0.2) is 6.20 Å². The van der Waals surface area contributed by atoms with Crippen LogP contribution in [0.25, 0.3) is 0 Å². The maximum absolute atomic E-state index is 5.84. The van der Waals surface area contributed by atoms with Gasteiger partial charge >= 0.3 is 0 Å². The highest BCUT2D eigenvalue weighted by Gasteiger charge is 2.23. The molecule has 2 heterocycles. The number of morpholine rings is 1. The van der Waals surface area contributed by atoms with Gasteiger partial charge < -0.3 is 15.0 Å². The first kappa shape index (κ1) is 15.5. The van der Waals surface area contributed by atoms with Crippen LogP contribution in [0.3, 0.4) is 0 Å². The Morgan fingerprint density at radius 2 is 2.30 bits per heavy atom. The van der Waals surface area contributed by atoms with Crippen molar-refractivity contribution >= 4 is 0 Å². The van der Waals surface area contributed by atoms with Crippen LogP contribution in [-0.4, -0.2) is 46.6 Å². The minimum absolute atomic E-state index is 0.0821. The largest absolute Gasteiger partial charge is 0.368 e. The van der Waals surface area contributed by atoms with E-state index in [2.05, 4.69) is 47.9 Å². The van der Waals surface area contributed by atoms with Crippen molar-refractivity contribution in [2.24, 2.45) is 0 Å².